The molecule has 1 rings (SSSR count). The lowest BCUT2D eigenvalue weighted by atomic mass is 9.71. The van der Waals surface area contributed by atoms with E-state index in [-0.39, 0.29) is 16.9 Å². The van der Waals surface area contributed by atoms with Crippen LogP contribution in [0.25, 0.3) is 0 Å². The maximum absolute atomic E-state index is 12.5. The second kappa shape index (κ2) is 5.93. The van der Waals surface area contributed by atoms with Crippen molar-refractivity contribution in [2.45, 2.75) is 77.5 Å². The highest BCUT2D eigenvalue weighted by Gasteiger charge is 2.47. The third-order valence-electron chi connectivity index (χ3n) is 4.62. The van der Waals surface area contributed by atoms with E-state index < -0.39 is 26.3 Å². The monoisotopic (exact) mass is 324 g/mol. The van der Waals surface area contributed by atoms with Crippen LogP contribution >= 0.6 is 0 Å². The minimum Gasteiger partial charge on any atom is -0.456 e. The Balaban J connectivity index is 2.92. The number of halogens is 3. The number of ether oxygens (including phenoxy) is 1. The van der Waals surface area contributed by atoms with Crippen LogP contribution in [0, 0.1) is 11.3 Å². The van der Waals surface area contributed by atoms with E-state index in [9.17, 15) is 18.0 Å². The van der Waals surface area contributed by atoms with Crippen LogP contribution in [0.3, 0.4) is 0 Å². The Kier molecular flexibility index (Phi) is 5.23. The molecule has 0 aromatic heterocycles. The summed E-state index contributed by atoms with van der Waals surface area (Å²) in [7, 11) is -1.68. The van der Waals surface area contributed by atoms with E-state index in [1.54, 1.807) is 0 Å². The molecule has 0 bridgehead atoms. The Morgan fingerprint density at radius 1 is 1.10 bits per heavy atom. The van der Waals surface area contributed by atoms with E-state index in [1.807, 2.05) is 0 Å². The molecule has 3 unspecified atom stereocenters. The van der Waals surface area contributed by atoms with Gasteiger partial charge in [0.25, 0.3) is 0 Å². The molecule has 1 saturated carbocycles. The highest BCUT2D eigenvalue weighted by atomic mass is 28.3. The first-order chi connectivity index (χ1) is 9.23. The summed E-state index contributed by atoms with van der Waals surface area (Å²) in [5.41, 5.74) is 0.121. The maximum atomic E-state index is 12.5. The first-order valence-electron chi connectivity index (χ1n) is 7.50. The fourth-order valence-corrected chi connectivity index (χ4v) is 5.59. The fraction of sp³-hybridized carbons (Fsp3) is 0.933. The molecule has 0 spiro atoms. The molecule has 0 aromatic carbocycles. The van der Waals surface area contributed by atoms with E-state index in [2.05, 4.69) is 40.4 Å². The first-order valence-corrected chi connectivity index (χ1v) is 11.1. The molecule has 0 aromatic rings. The van der Waals surface area contributed by atoms with Gasteiger partial charge in [-0.1, -0.05) is 40.4 Å². The van der Waals surface area contributed by atoms with Crippen LogP contribution < -0.4 is 0 Å². The van der Waals surface area contributed by atoms with Crippen molar-refractivity contribution in [2.75, 3.05) is 0 Å². The highest BCUT2D eigenvalue weighted by Crippen LogP contribution is 2.47. The Morgan fingerprint density at radius 2 is 1.62 bits per heavy atom. The Hall–Kier alpha value is -0.523. The molecule has 6 heteroatoms. The van der Waals surface area contributed by atoms with E-state index in [0.29, 0.717) is 6.42 Å². The molecule has 1 aliphatic carbocycles. The fourth-order valence-electron chi connectivity index (χ4n) is 3.24. The quantitative estimate of drug-likeness (QED) is 0.527. The molecular weight excluding hydrogens is 297 g/mol. The molecule has 124 valence electrons. The lowest BCUT2D eigenvalue weighted by molar-refractivity contribution is -0.207. The van der Waals surface area contributed by atoms with Crippen LogP contribution in [-0.2, 0) is 9.53 Å². The number of esters is 1. The molecule has 0 amide bonds. The van der Waals surface area contributed by atoms with Crippen LogP contribution in [0.5, 0.6) is 0 Å². The number of hydrogen-bond acceptors (Lipinski definition) is 2. The van der Waals surface area contributed by atoms with Gasteiger partial charge in [-0.15, -0.1) is 0 Å². The minimum absolute atomic E-state index is 0.0211. The molecule has 0 aliphatic heterocycles. The molecule has 2 nitrogen and oxygen atoms in total. The maximum Gasteiger partial charge on any atom is 0.490 e. The lowest BCUT2D eigenvalue weighted by Gasteiger charge is -2.45. The molecule has 0 saturated heterocycles. The summed E-state index contributed by atoms with van der Waals surface area (Å²) in [5.74, 6) is -1.75. The zero-order valence-corrected chi connectivity index (χ0v) is 14.8. The van der Waals surface area contributed by atoms with Crippen molar-refractivity contribution in [1.29, 1.82) is 0 Å². The number of carbonyl (C=O) groups is 1. The van der Waals surface area contributed by atoms with Gasteiger partial charge in [-0.05, 0) is 36.1 Å². The van der Waals surface area contributed by atoms with Crippen LogP contribution in [0.1, 0.15) is 40.0 Å². The number of alkyl halides is 3. The second-order valence-electron chi connectivity index (χ2n) is 8.29. The van der Waals surface area contributed by atoms with Gasteiger partial charge in [0.05, 0.1) is 8.07 Å². The topological polar surface area (TPSA) is 26.3 Å². The van der Waals surface area contributed by atoms with E-state index in [4.69, 9.17) is 4.74 Å². The zero-order chi connectivity index (χ0) is 16.6. The minimum atomic E-state index is -4.90. The van der Waals surface area contributed by atoms with Crippen LogP contribution in [0.4, 0.5) is 13.2 Å². The molecule has 21 heavy (non-hydrogen) atoms. The molecule has 1 aliphatic rings. The van der Waals surface area contributed by atoms with Crippen molar-refractivity contribution in [3.05, 3.63) is 0 Å². The summed E-state index contributed by atoms with van der Waals surface area (Å²) in [5, 5.41) is 0. The third-order valence-corrected chi connectivity index (χ3v) is 7.50. The zero-order valence-electron chi connectivity index (χ0n) is 13.8. The third kappa shape index (κ3) is 5.00. The van der Waals surface area contributed by atoms with Gasteiger partial charge in [0, 0.05) is 0 Å². The van der Waals surface area contributed by atoms with Gasteiger partial charge < -0.3 is 4.74 Å². The average molecular weight is 324 g/mol. The second-order valence-corrected chi connectivity index (χ2v) is 13.8. The Labute approximate surface area is 126 Å². The molecule has 0 heterocycles. The lowest BCUT2D eigenvalue weighted by Crippen LogP contribution is -2.45. The number of carbonyl (C=O) groups excluding carboxylic acids is 1. The van der Waals surface area contributed by atoms with Crippen LogP contribution in [0.15, 0.2) is 0 Å². The van der Waals surface area contributed by atoms with Gasteiger partial charge in [0.15, 0.2) is 0 Å². The summed E-state index contributed by atoms with van der Waals surface area (Å²) in [4.78, 5) is 11.2. The standard InChI is InChI=1S/C15H27F3O2Si/c1-14(2,3)10-7-8-12(21(4,5)6)11(9-10)20-13(19)15(16,17)18/h10-12H,7-9H2,1-6H3. The van der Waals surface area contributed by atoms with E-state index in [0.717, 1.165) is 12.8 Å². The summed E-state index contributed by atoms with van der Waals surface area (Å²) in [6.07, 6.45) is -3.10. The van der Waals surface area contributed by atoms with Crippen molar-refractivity contribution in [3.8, 4) is 0 Å². The predicted octanol–water partition coefficient (Wildman–Crippen LogP) is 5.02. The van der Waals surface area contributed by atoms with Crippen molar-refractivity contribution in [3.63, 3.8) is 0 Å². The van der Waals surface area contributed by atoms with Gasteiger partial charge in [-0.3, -0.25) is 0 Å². The van der Waals surface area contributed by atoms with Gasteiger partial charge in [-0.2, -0.15) is 13.2 Å². The van der Waals surface area contributed by atoms with Crippen molar-refractivity contribution < 1.29 is 22.7 Å². The molecule has 0 N–H and O–H groups in total. The SMILES string of the molecule is CC(C)(C)C1CCC([Si](C)(C)C)C(OC(=O)C(F)(F)F)C1. The molecular formula is C15H27F3O2Si. The number of rotatable bonds is 2. The normalized spacial score (nSPS) is 28.3. The summed E-state index contributed by atoms with van der Waals surface area (Å²) >= 11 is 0. The van der Waals surface area contributed by atoms with Gasteiger partial charge in [-0.25, -0.2) is 4.79 Å². The largest absolute Gasteiger partial charge is 0.490 e. The Morgan fingerprint density at radius 3 is 2.00 bits per heavy atom. The van der Waals surface area contributed by atoms with Gasteiger partial charge in [0.1, 0.15) is 6.10 Å². The smallest absolute Gasteiger partial charge is 0.456 e. The summed E-state index contributed by atoms with van der Waals surface area (Å²) < 4.78 is 42.4. The Bertz CT molecular complexity index is 380. The first kappa shape index (κ1) is 18.5. The van der Waals surface area contributed by atoms with Gasteiger partial charge in [0.2, 0.25) is 0 Å². The predicted molar refractivity (Wildman–Crippen MR) is 79.8 cm³/mol. The van der Waals surface area contributed by atoms with E-state index >= 15 is 0 Å². The van der Waals surface area contributed by atoms with Crippen molar-refractivity contribution in [2.24, 2.45) is 11.3 Å². The van der Waals surface area contributed by atoms with Crippen LogP contribution in [0.2, 0.25) is 25.2 Å². The molecule has 3 atom stereocenters. The van der Waals surface area contributed by atoms with Crippen molar-refractivity contribution >= 4 is 14.0 Å². The highest BCUT2D eigenvalue weighted by molar-refractivity contribution is 6.77. The average Bonchev–Trinajstić information content (AvgIpc) is 2.24. The molecule has 1 fully saturated rings. The van der Waals surface area contributed by atoms with Crippen LogP contribution in [-0.4, -0.2) is 26.3 Å². The summed E-state index contributed by atoms with van der Waals surface area (Å²) in [6, 6.07) is 0. The van der Waals surface area contributed by atoms with Gasteiger partial charge >= 0.3 is 12.1 Å². The molecule has 0 radical (unpaired) electrons. The van der Waals surface area contributed by atoms with E-state index in [1.165, 1.54) is 0 Å². The summed E-state index contributed by atoms with van der Waals surface area (Å²) in [6.45, 7) is 12.7. The number of hydrogen-bond donors (Lipinski definition) is 0. The van der Waals surface area contributed by atoms with Crippen molar-refractivity contribution in [1.82, 2.24) is 0 Å².